The summed E-state index contributed by atoms with van der Waals surface area (Å²) in [5.41, 5.74) is 0.889. The number of carbonyl (C=O) groups is 1. The lowest BCUT2D eigenvalue weighted by Gasteiger charge is -1.91. The molecular weight excluding hydrogens is 283 g/mol. The van der Waals surface area contributed by atoms with Crippen LogP contribution in [0.25, 0.3) is 5.52 Å². The molecule has 0 aliphatic rings. The molecule has 13 heavy (non-hydrogen) atoms. The van der Waals surface area contributed by atoms with Crippen LogP contribution in [-0.4, -0.2) is 20.7 Å². The van der Waals surface area contributed by atoms with Gasteiger partial charge in [0.25, 0.3) is 0 Å². The van der Waals surface area contributed by atoms with Crippen LogP contribution < -0.4 is 0 Å². The zero-order valence-electron chi connectivity index (χ0n) is 6.44. The fraction of sp³-hybridized carbons (Fsp3) is 0. The molecule has 2 heterocycles. The highest BCUT2D eigenvalue weighted by molar-refractivity contribution is 14.1. The van der Waals surface area contributed by atoms with E-state index in [-0.39, 0.29) is 5.56 Å². The van der Waals surface area contributed by atoms with Crippen molar-refractivity contribution in [2.45, 2.75) is 0 Å². The normalized spacial score (nSPS) is 10.5. The van der Waals surface area contributed by atoms with Crippen LogP contribution in [0.5, 0.6) is 0 Å². The van der Waals surface area contributed by atoms with Gasteiger partial charge in [0.1, 0.15) is 9.26 Å². The minimum Gasteiger partial charge on any atom is -0.478 e. The molecule has 0 aromatic carbocycles. The molecule has 0 unspecified atom stereocenters. The van der Waals surface area contributed by atoms with E-state index in [4.69, 9.17) is 5.11 Å². The molecule has 0 amide bonds. The van der Waals surface area contributed by atoms with Crippen LogP contribution in [0.15, 0.2) is 24.4 Å². The van der Waals surface area contributed by atoms with E-state index in [1.807, 2.05) is 28.7 Å². The average molecular weight is 288 g/mol. The molecule has 1 N–H and O–H groups in total. The van der Waals surface area contributed by atoms with Crippen molar-refractivity contribution in [2.24, 2.45) is 0 Å². The first-order valence-electron chi connectivity index (χ1n) is 3.56. The molecule has 2 rings (SSSR count). The molecule has 0 radical (unpaired) electrons. The van der Waals surface area contributed by atoms with E-state index in [1.54, 1.807) is 22.8 Å². The van der Waals surface area contributed by atoms with Crippen LogP contribution in [0.1, 0.15) is 10.4 Å². The van der Waals surface area contributed by atoms with Crippen LogP contribution in [0.2, 0.25) is 0 Å². The van der Waals surface area contributed by atoms with Crippen molar-refractivity contribution in [3.8, 4) is 0 Å². The van der Waals surface area contributed by atoms with Crippen LogP contribution in [0, 0.1) is 3.70 Å². The molecule has 0 fully saturated rings. The Labute approximate surface area is 87.3 Å². The van der Waals surface area contributed by atoms with Gasteiger partial charge in [-0.1, -0.05) is 6.07 Å². The predicted octanol–water partition coefficient (Wildman–Crippen LogP) is 1.64. The first kappa shape index (κ1) is 8.49. The summed E-state index contributed by atoms with van der Waals surface area (Å²) in [6.07, 6.45) is 1.73. The molecule has 5 heteroatoms. The SMILES string of the molecule is O=C(O)c1c(I)nn2ccccc12. The maximum atomic E-state index is 10.8. The van der Waals surface area contributed by atoms with Gasteiger partial charge in [-0.15, -0.1) is 0 Å². The lowest BCUT2D eigenvalue weighted by molar-refractivity contribution is 0.0698. The molecular formula is C8H5IN2O2. The molecule has 0 atom stereocenters. The first-order valence-corrected chi connectivity index (χ1v) is 4.64. The highest BCUT2D eigenvalue weighted by atomic mass is 127. The van der Waals surface area contributed by atoms with E-state index in [9.17, 15) is 4.79 Å². The number of aromatic carboxylic acids is 1. The summed E-state index contributed by atoms with van der Waals surface area (Å²) >= 11 is 1.92. The largest absolute Gasteiger partial charge is 0.478 e. The first-order chi connectivity index (χ1) is 6.20. The molecule has 66 valence electrons. The third-order valence-electron chi connectivity index (χ3n) is 1.71. The van der Waals surface area contributed by atoms with Gasteiger partial charge in [-0.3, -0.25) is 0 Å². The Morgan fingerprint density at radius 2 is 2.31 bits per heavy atom. The number of hydrogen-bond donors (Lipinski definition) is 1. The topological polar surface area (TPSA) is 54.6 Å². The van der Waals surface area contributed by atoms with Crippen molar-refractivity contribution >= 4 is 34.1 Å². The van der Waals surface area contributed by atoms with Gasteiger partial charge < -0.3 is 5.11 Å². The Kier molecular flexibility index (Phi) is 1.95. The standard InChI is InChI=1S/C8H5IN2O2/c9-7-6(8(12)13)5-3-1-2-4-11(5)10-7/h1-4H,(H,12,13). The number of aromatic nitrogens is 2. The Balaban J connectivity index is 2.86. The monoisotopic (exact) mass is 288 g/mol. The number of halogens is 1. The minimum absolute atomic E-state index is 0.265. The van der Waals surface area contributed by atoms with E-state index >= 15 is 0 Å². The summed E-state index contributed by atoms with van der Waals surface area (Å²) in [5.74, 6) is -0.939. The van der Waals surface area contributed by atoms with Crippen molar-refractivity contribution < 1.29 is 9.90 Å². The lowest BCUT2D eigenvalue weighted by Crippen LogP contribution is -1.97. The van der Waals surface area contributed by atoms with E-state index in [0.717, 1.165) is 0 Å². The molecule has 2 aromatic rings. The van der Waals surface area contributed by atoms with Crippen molar-refractivity contribution in [1.29, 1.82) is 0 Å². The van der Waals surface area contributed by atoms with E-state index in [2.05, 4.69) is 5.10 Å². The Hall–Kier alpha value is -1.11. The van der Waals surface area contributed by atoms with E-state index < -0.39 is 5.97 Å². The smallest absolute Gasteiger partial charge is 0.340 e. The van der Waals surface area contributed by atoms with Gasteiger partial charge in [0.05, 0.1) is 5.52 Å². The Morgan fingerprint density at radius 3 is 3.00 bits per heavy atom. The van der Waals surface area contributed by atoms with E-state index in [0.29, 0.717) is 9.22 Å². The summed E-state index contributed by atoms with van der Waals surface area (Å²) in [4.78, 5) is 10.8. The molecule has 0 saturated carbocycles. The van der Waals surface area contributed by atoms with Gasteiger partial charge in [-0.05, 0) is 34.7 Å². The molecule has 0 saturated heterocycles. The van der Waals surface area contributed by atoms with Crippen molar-refractivity contribution in [2.75, 3.05) is 0 Å². The van der Waals surface area contributed by atoms with Gasteiger partial charge in [0.15, 0.2) is 0 Å². The third-order valence-corrected chi connectivity index (χ3v) is 2.47. The maximum Gasteiger partial charge on any atom is 0.340 e. The average Bonchev–Trinajstić information content (AvgIpc) is 2.39. The molecule has 0 bridgehead atoms. The molecule has 0 aliphatic heterocycles. The summed E-state index contributed by atoms with van der Waals surface area (Å²) < 4.78 is 2.07. The van der Waals surface area contributed by atoms with Gasteiger partial charge >= 0.3 is 5.97 Å². The number of hydrogen-bond acceptors (Lipinski definition) is 2. The van der Waals surface area contributed by atoms with Crippen molar-refractivity contribution in [3.05, 3.63) is 33.7 Å². The zero-order valence-corrected chi connectivity index (χ0v) is 8.59. The minimum atomic E-state index is -0.939. The summed E-state index contributed by atoms with van der Waals surface area (Å²) in [7, 11) is 0. The second kappa shape index (κ2) is 2.99. The second-order valence-electron chi connectivity index (χ2n) is 2.50. The third kappa shape index (κ3) is 1.28. The van der Waals surface area contributed by atoms with Crippen LogP contribution in [0.3, 0.4) is 0 Å². The fourth-order valence-electron chi connectivity index (χ4n) is 1.17. The molecule has 2 aromatic heterocycles. The quantitative estimate of drug-likeness (QED) is 0.812. The number of rotatable bonds is 1. The molecule has 4 nitrogen and oxygen atoms in total. The zero-order chi connectivity index (χ0) is 9.42. The van der Waals surface area contributed by atoms with Gasteiger partial charge in [0.2, 0.25) is 0 Å². The Morgan fingerprint density at radius 1 is 1.54 bits per heavy atom. The number of fused-ring (bicyclic) bond motifs is 1. The van der Waals surface area contributed by atoms with Crippen molar-refractivity contribution in [3.63, 3.8) is 0 Å². The summed E-state index contributed by atoms with van der Waals surface area (Å²) in [5, 5.41) is 13.0. The van der Waals surface area contributed by atoms with Crippen LogP contribution in [0.4, 0.5) is 0 Å². The number of pyridine rings is 1. The van der Waals surface area contributed by atoms with Gasteiger partial charge in [0, 0.05) is 6.20 Å². The van der Waals surface area contributed by atoms with E-state index in [1.165, 1.54) is 0 Å². The fourth-order valence-corrected chi connectivity index (χ4v) is 1.91. The number of carboxylic acid groups (broad SMARTS) is 1. The predicted molar refractivity (Wildman–Crippen MR) is 54.9 cm³/mol. The Bertz CT molecular complexity index is 478. The highest BCUT2D eigenvalue weighted by Gasteiger charge is 2.15. The van der Waals surface area contributed by atoms with Crippen LogP contribution in [-0.2, 0) is 0 Å². The second-order valence-corrected chi connectivity index (χ2v) is 3.52. The molecule has 0 aliphatic carbocycles. The van der Waals surface area contributed by atoms with Gasteiger partial charge in [-0.2, -0.15) is 5.10 Å². The highest BCUT2D eigenvalue weighted by Crippen LogP contribution is 2.16. The number of nitrogens with zero attached hydrogens (tertiary/aromatic N) is 2. The van der Waals surface area contributed by atoms with Gasteiger partial charge in [-0.25, -0.2) is 9.31 Å². The van der Waals surface area contributed by atoms with Crippen molar-refractivity contribution in [1.82, 2.24) is 9.61 Å². The molecule has 0 spiro atoms. The summed E-state index contributed by atoms with van der Waals surface area (Å²) in [6.45, 7) is 0. The number of carboxylic acids is 1. The van der Waals surface area contributed by atoms with Crippen LogP contribution >= 0.6 is 22.6 Å². The maximum absolute atomic E-state index is 10.8. The lowest BCUT2D eigenvalue weighted by atomic mass is 10.3. The summed E-state index contributed by atoms with van der Waals surface area (Å²) in [6, 6.07) is 5.33.